The molecule has 34 heavy (non-hydrogen) atoms. The van der Waals surface area contributed by atoms with Crippen LogP contribution in [0, 0.1) is 11.7 Å². The van der Waals surface area contributed by atoms with E-state index in [2.05, 4.69) is 15.6 Å². The zero-order chi connectivity index (χ0) is 24.3. The fourth-order valence-corrected chi connectivity index (χ4v) is 4.24. The van der Waals surface area contributed by atoms with Gasteiger partial charge in [0.25, 0.3) is 5.91 Å². The Morgan fingerprint density at radius 3 is 2.62 bits per heavy atom. The van der Waals surface area contributed by atoms with Crippen molar-refractivity contribution in [3.05, 3.63) is 53.6 Å². The average molecular weight is 471 g/mol. The van der Waals surface area contributed by atoms with Gasteiger partial charge in [-0.05, 0) is 49.8 Å². The predicted octanol–water partition coefficient (Wildman–Crippen LogP) is 2.01. The highest BCUT2D eigenvalue weighted by Crippen LogP contribution is 2.36. The van der Waals surface area contributed by atoms with Crippen molar-refractivity contribution in [1.29, 1.82) is 0 Å². The zero-order valence-corrected chi connectivity index (χ0v) is 18.8. The molecule has 2 heterocycles. The van der Waals surface area contributed by atoms with Crippen LogP contribution in [0.2, 0.25) is 0 Å². The van der Waals surface area contributed by atoms with Crippen LogP contribution in [0.15, 0.2) is 36.7 Å². The molecular formula is C24H27FN4O5. The van der Waals surface area contributed by atoms with E-state index in [-0.39, 0.29) is 28.7 Å². The molecule has 1 saturated heterocycles. The Labute approximate surface area is 196 Å². The highest BCUT2D eigenvalue weighted by Gasteiger charge is 2.51. The molecule has 2 aliphatic rings. The molecule has 1 aliphatic carbocycles. The zero-order valence-electron chi connectivity index (χ0n) is 18.8. The second kappa shape index (κ2) is 9.66. The van der Waals surface area contributed by atoms with Gasteiger partial charge in [0, 0.05) is 25.8 Å². The number of anilines is 1. The number of hydrogen-bond acceptors (Lipinski definition) is 7. The van der Waals surface area contributed by atoms with Gasteiger partial charge in [-0.2, -0.15) is 0 Å². The summed E-state index contributed by atoms with van der Waals surface area (Å²) >= 11 is 0. The Morgan fingerprint density at radius 1 is 1.24 bits per heavy atom. The summed E-state index contributed by atoms with van der Waals surface area (Å²) in [7, 11) is 1.23. The Kier molecular flexibility index (Phi) is 6.67. The van der Waals surface area contributed by atoms with Crippen molar-refractivity contribution in [3.8, 4) is 5.75 Å². The Hall–Kier alpha value is -3.69. The minimum Gasteiger partial charge on any atom is -0.506 e. The molecule has 1 aromatic carbocycles. The van der Waals surface area contributed by atoms with Crippen molar-refractivity contribution in [2.45, 2.75) is 31.2 Å². The topological polar surface area (TPSA) is 121 Å². The largest absolute Gasteiger partial charge is 0.506 e. The molecule has 2 amide bonds. The van der Waals surface area contributed by atoms with Gasteiger partial charge in [0.15, 0.2) is 0 Å². The van der Waals surface area contributed by atoms with E-state index in [1.165, 1.54) is 31.6 Å². The van der Waals surface area contributed by atoms with Gasteiger partial charge in [0.05, 0.1) is 24.6 Å². The van der Waals surface area contributed by atoms with Gasteiger partial charge in [0.2, 0.25) is 5.91 Å². The van der Waals surface area contributed by atoms with Gasteiger partial charge in [-0.3, -0.25) is 14.6 Å². The first-order chi connectivity index (χ1) is 16.3. The Balaban J connectivity index is 1.29. The second-order valence-electron chi connectivity index (χ2n) is 8.73. The number of amides is 2. The third kappa shape index (κ3) is 4.95. The first kappa shape index (κ1) is 23.5. The number of carbonyl (C=O) groups excluding carboxylic acids is 3. The van der Waals surface area contributed by atoms with E-state index in [0.717, 1.165) is 12.8 Å². The number of rotatable bonds is 7. The van der Waals surface area contributed by atoms with Crippen LogP contribution in [0.4, 0.5) is 10.1 Å². The maximum Gasteiger partial charge on any atom is 0.342 e. The van der Waals surface area contributed by atoms with Gasteiger partial charge < -0.3 is 25.4 Å². The standard InChI is InChI=1S/C24H27FN4O5/c1-34-22(32)20-18(25)3-2-4-19(20)29-9-5-15(6-10-29)12-27-23(33)24(7-8-24)28-21(31)16-11-17(30)14-26-13-16/h2-4,11,13-15,30H,5-10,12H2,1H3,(H,27,33)(H,28,31). The van der Waals surface area contributed by atoms with Crippen molar-refractivity contribution >= 4 is 23.5 Å². The van der Waals surface area contributed by atoms with Crippen molar-refractivity contribution in [1.82, 2.24) is 15.6 Å². The van der Waals surface area contributed by atoms with Crippen molar-refractivity contribution in [3.63, 3.8) is 0 Å². The van der Waals surface area contributed by atoms with Crippen LogP contribution >= 0.6 is 0 Å². The number of esters is 1. The minimum absolute atomic E-state index is 0.0647. The van der Waals surface area contributed by atoms with Crippen LogP contribution in [-0.4, -0.2) is 60.2 Å². The number of halogens is 1. The highest BCUT2D eigenvalue weighted by atomic mass is 19.1. The summed E-state index contributed by atoms with van der Waals surface area (Å²) in [6.07, 6.45) is 5.17. The molecule has 1 aliphatic heterocycles. The number of pyridine rings is 1. The van der Waals surface area contributed by atoms with E-state index < -0.39 is 23.2 Å². The molecule has 0 atom stereocenters. The van der Waals surface area contributed by atoms with Gasteiger partial charge in [-0.25, -0.2) is 9.18 Å². The fourth-order valence-electron chi connectivity index (χ4n) is 4.24. The van der Waals surface area contributed by atoms with Crippen LogP contribution < -0.4 is 15.5 Å². The smallest absolute Gasteiger partial charge is 0.342 e. The summed E-state index contributed by atoms with van der Waals surface area (Å²) in [5, 5.41) is 15.2. The van der Waals surface area contributed by atoms with E-state index in [4.69, 9.17) is 4.74 Å². The molecule has 2 fully saturated rings. The normalized spacial score (nSPS) is 17.1. The summed E-state index contributed by atoms with van der Waals surface area (Å²) in [6, 6.07) is 5.81. The van der Waals surface area contributed by atoms with Gasteiger partial charge in [-0.1, -0.05) is 6.07 Å². The van der Waals surface area contributed by atoms with Crippen molar-refractivity contribution in [2.24, 2.45) is 5.92 Å². The third-order valence-electron chi connectivity index (χ3n) is 6.41. The lowest BCUT2D eigenvalue weighted by Gasteiger charge is -2.34. The maximum atomic E-state index is 14.2. The van der Waals surface area contributed by atoms with Crippen LogP contribution in [0.25, 0.3) is 0 Å². The van der Waals surface area contributed by atoms with Crippen LogP contribution in [-0.2, 0) is 9.53 Å². The number of nitrogens with one attached hydrogen (secondary N) is 2. The average Bonchev–Trinajstić information content (AvgIpc) is 3.63. The molecule has 4 rings (SSSR count). The number of carbonyl (C=O) groups is 3. The molecule has 0 unspecified atom stereocenters. The first-order valence-electron chi connectivity index (χ1n) is 11.2. The SMILES string of the molecule is COC(=O)c1c(F)cccc1N1CCC(CNC(=O)C2(NC(=O)c3cncc(O)c3)CC2)CC1. The van der Waals surface area contributed by atoms with Gasteiger partial charge in [-0.15, -0.1) is 0 Å². The number of aromatic hydroxyl groups is 1. The summed E-state index contributed by atoms with van der Waals surface area (Å²) in [4.78, 5) is 43.0. The van der Waals surface area contributed by atoms with Crippen LogP contribution in [0.1, 0.15) is 46.4 Å². The Bertz CT molecular complexity index is 1100. The van der Waals surface area contributed by atoms with Gasteiger partial charge in [0.1, 0.15) is 22.7 Å². The summed E-state index contributed by atoms with van der Waals surface area (Å²) in [6.45, 7) is 1.69. The van der Waals surface area contributed by atoms with E-state index >= 15 is 0 Å². The van der Waals surface area contributed by atoms with Crippen LogP contribution in [0.5, 0.6) is 5.75 Å². The predicted molar refractivity (Wildman–Crippen MR) is 121 cm³/mol. The van der Waals surface area contributed by atoms with E-state index in [9.17, 15) is 23.9 Å². The number of piperidine rings is 1. The fraction of sp³-hybridized carbons (Fsp3) is 0.417. The number of hydrogen-bond donors (Lipinski definition) is 3. The number of aromatic nitrogens is 1. The Morgan fingerprint density at radius 2 is 1.97 bits per heavy atom. The lowest BCUT2D eigenvalue weighted by Crippen LogP contribution is -2.50. The second-order valence-corrected chi connectivity index (χ2v) is 8.73. The van der Waals surface area contributed by atoms with E-state index in [0.29, 0.717) is 38.2 Å². The lowest BCUT2D eigenvalue weighted by atomic mass is 9.95. The first-order valence-corrected chi connectivity index (χ1v) is 11.2. The van der Waals surface area contributed by atoms with Crippen molar-refractivity contribution in [2.75, 3.05) is 31.6 Å². The van der Waals surface area contributed by atoms with E-state index in [1.54, 1.807) is 12.1 Å². The molecule has 0 radical (unpaired) electrons. The summed E-state index contributed by atoms with van der Waals surface area (Å²) in [5.74, 6) is -1.91. The quantitative estimate of drug-likeness (QED) is 0.530. The molecular weight excluding hydrogens is 443 g/mol. The van der Waals surface area contributed by atoms with Crippen LogP contribution in [0.3, 0.4) is 0 Å². The number of benzene rings is 1. The molecule has 1 saturated carbocycles. The molecule has 0 bridgehead atoms. The van der Waals surface area contributed by atoms with Crippen molar-refractivity contribution < 1.29 is 28.6 Å². The minimum atomic E-state index is -0.930. The highest BCUT2D eigenvalue weighted by molar-refractivity contribution is 6.00. The molecule has 9 nitrogen and oxygen atoms in total. The lowest BCUT2D eigenvalue weighted by molar-refractivity contribution is -0.124. The summed E-state index contributed by atoms with van der Waals surface area (Å²) in [5.41, 5.74) is -0.295. The van der Waals surface area contributed by atoms with E-state index in [1.807, 2.05) is 4.90 Å². The molecule has 180 valence electrons. The van der Waals surface area contributed by atoms with Gasteiger partial charge >= 0.3 is 5.97 Å². The molecule has 1 aromatic heterocycles. The number of nitrogens with zero attached hydrogens (tertiary/aromatic N) is 2. The molecule has 10 heteroatoms. The maximum absolute atomic E-state index is 14.2. The molecule has 3 N–H and O–H groups in total. The number of ether oxygens (including phenoxy) is 1. The summed E-state index contributed by atoms with van der Waals surface area (Å²) < 4.78 is 19.0. The third-order valence-corrected chi connectivity index (χ3v) is 6.41. The molecule has 0 spiro atoms. The monoisotopic (exact) mass is 470 g/mol. The number of methoxy groups -OCH3 is 1. The molecule has 2 aromatic rings.